The van der Waals surface area contributed by atoms with E-state index in [-0.39, 0.29) is 11.7 Å². The van der Waals surface area contributed by atoms with Crippen molar-refractivity contribution in [3.8, 4) is 5.75 Å². The van der Waals surface area contributed by atoms with E-state index in [4.69, 9.17) is 11.6 Å². The second kappa shape index (κ2) is 4.99. The van der Waals surface area contributed by atoms with E-state index in [2.05, 4.69) is 4.99 Å². The van der Waals surface area contributed by atoms with E-state index < -0.39 is 5.54 Å². The Morgan fingerprint density at radius 1 is 1.47 bits per heavy atom. The van der Waals surface area contributed by atoms with Crippen molar-refractivity contribution in [1.82, 2.24) is 0 Å². The molecule has 0 aromatic heterocycles. The van der Waals surface area contributed by atoms with E-state index >= 15 is 0 Å². The second-order valence-electron chi connectivity index (χ2n) is 5.54. The Morgan fingerprint density at radius 2 is 2.11 bits per heavy atom. The van der Waals surface area contributed by atoms with Gasteiger partial charge in [0.1, 0.15) is 11.3 Å². The zero-order chi connectivity index (χ0) is 14.2. The molecule has 0 amide bonds. The summed E-state index contributed by atoms with van der Waals surface area (Å²) in [6, 6.07) is 1.80. The second-order valence-corrected chi connectivity index (χ2v) is 5.95. The molecule has 1 aliphatic carbocycles. The molecule has 0 spiro atoms. The standard InChI is InChI=1S/C15H18ClNO2/c1-9(2)11-7-12(16)10(3)13(14(11)19)15(17-8-18)5-4-6-15/h7,9,19H,4-6H2,1-3H3. The Kier molecular flexibility index (Phi) is 3.71. The molecular formula is C15H18ClNO2. The van der Waals surface area contributed by atoms with Crippen LogP contribution in [0.25, 0.3) is 0 Å². The van der Waals surface area contributed by atoms with Gasteiger partial charge in [-0.15, -0.1) is 0 Å². The van der Waals surface area contributed by atoms with Crippen LogP contribution in [-0.2, 0) is 10.3 Å². The smallest absolute Gasteiger partial charge is 0.235 e. The minimum Gasteiger partial charge on any atom is -0.507 e. The van der Waals surface area contributed by atoms with Crippen molar-refractivity contribution >= 4 is 17.7 Å². The zero-order valence-electron chi connectivity index (χ0n) is 11.5. The summed E-state index contributed by atoms with van der Waals surface area (Å²) in [5.41, 5.74) is 1.70. The summed E-state index contributed by atoms with van der Waals surface area (Å²) in [4.78, 5) is 14.7. The van der Waals surface area contributed by atoms with Crippen molar-refractivity contribution in [2.45, 2.75) is 51.5 Å². The van der Waals surface area contributed by atoms with Gasteiger partial charge in [-0.3, -0.25) is 0 Å². The number of benzene rings is 1. The van der Waals surface area contributed by atoms with Gasteiger partial charge < -0.3 is 5.11 Å². The van der Waals surface area contributed by atoms with Gasteiger partial charge in [-0.05, 0) is 49.3 Å². The third-order valence-electron chi connectivity index (χ3n) is 4.05. The summed E-state index contributed by atoms with van der Waals surface area (Å²) in [6.45, 7) is 5.86. The summed E-state index contributed by atoms with van der Waals surface area (Å²) in [5.74, 6) is 0.393. The fraction of sp³-hybridized carbons (Fsp3) is 0.533. The fourth-order valence-corrected chi connectivity index (χ4v) is 2.99. The van der Waals surface area contributed by atoms with E-state index in [1.807, 2.05) is 20.8 Å². The van der Waals surface area contributed by atoms with Gasteiger partial charge in [-0.25, -0.2) is 4.79 Å². The van der Waals surface area contributed by atoms with Gasteiger partial charge in [0.25, 0.3) is 0 Å². The first-order chi connectivity index (χ1) is 8.93. The zero-order valence-corrected chi connectivity index (χ0v) is 12.2. The number of aromatic hydroxyl groups is 1. The topological polar surface area (TPSA) is 49.7 Å². The summed E-state index contributed by atoms with van der Waals surface area (Å²) >= 11 is 6.27. The van der Waals surface area contributed by atoms with Crippen molar-refractivity contribution in [2.24, 2.45) is 4.99 Å². The van der Waals surface area contributed by atoms with Crippen LogP contribution in [0.4, 0.5) is 0 Å². The lowest BCUT2D eigenvalue weighted by atomic mass is 9.70. The number of phenolic OH excluding ortho intramolecular Hbond substituents is 1. The van der Waals surface area contributed by atoms with E-state index in [9.17, 15) is 9.90 Å². The normalized spacial score (nSPS) is 16.9. The Hall–Kier alpha value is -1.31. The Morgan fingerprint density at radius 3 is 2.53 bits per heavy atom. The predicted octanol–water partition coefficient (Wildman–Crippen LogP) is 4.19. The molecule has 1 aromatic carbocycles. The van der Waals surface area contributed by atoms with Gasteiger partial charge in [-0.1, -0.05) is 25.4 Å². The van der Waals surface area contributed by atoms with Crippen LogP contribution in [0, 0.1) is 6.92 Å². The molecule has 1 N–H and O–H groups in total. The first-order valence-electron chi connectivity index (χ1n) is 6.54. The van der Waals surface area contributed by atoms with Crippen molar-refractivity contribution in [3.05, 3.63) is 27.8 Å². The Balaban J connectivity index is 2.71. The highest BCUT2D eigenvalue weighted by atomic mass is 35.5. The summed E-state index contributed by atoms with van der Waals surface area (Å²) in [5, 5.41) is 11.2. The largest absolute Gasteiger partial charge is 0.507 e. The molecule has 102 valence electrons. The number of nitrogens with zero attached hydrogens (tertiary/aromatic N) is 1. The average molecular weight is 280 g/mol. The van der Waals surface area contributed by atoms with E-state index in [1.54, 1.807) is 12.1 Å². The third kappa shape index (κ3) is 2.18. The van der Waals surface area contributed by atoms with E-state index in [0.29, 0.717) is 10.6 Å². The molecule has 4 heteroatoms. The van der Waals surface area contributed by atoms with Gasteiger partial charge in [0, 0.05) is 10.6 Å². The minimum atomic E-state index is -0.621. The number of aliphatic imine (C=N–C) groups is 1. The van der Waals surface area contributed by atoms with Crippen LogP contribution in [0.5, 0.6) is 5.75 Å². The molecule has 3 nitrogen and oxygen atoms in total. The number of halogens is 1. The molecule has 0 atom stereocenters. The van der Waals surface area contributed by atoms with Crippen molar-refractivity contribution in [3.63, 3.8) is 0 Å². The molecule has 1 saturated carbocycles. The SMILES string of the molecule is Cc1c(Cl)cc(C(C)C)c(O)c1C1(N=C=O)CCC1. The molecule has 0 unspecified atom stereocenters. The number of isocyanates is 1. The van der Waals surface area contributed by atoms with Gasteiger partial charge >= 0.3 is 0 Å². The van der Waals surface area contributed by atoms with Crippen LogP contribution in [0.2, 0.25) is 5.02 Å². The monoisotopic (exact) mass is 279 g/mol. The highest BCUT2D eigenvalue weighted by Crippen LogP contribution is 2.51. The van der Waals surface area contributed by atoms with E-state index in [0.717, 1.165) is 30.4 Å². The lowest BCUT2D eigenvalue weighted by Gasteiger charge is -2.39. The average Bonchev–Trinajstić information content (AvgIpc) is 2.30. The number of phenols is 1. The van der Waals surface area contributed by atoms with Crippen LogP contribution in [0.3, 0.4) is 0 Å². The molecule has 0 saturated heterocycles. The maximum Gasteiger partial charge on any atom is 0.235 e. The molecule has 0 aliphatic heterocycles. The number of rotatable bonds is 3. The van der Waals surface area contributed by atoms with Gasteiger partial charge in [-0.2, -0.15) is 4.99 Å². The molecule has 0 heterocycles. The Bertz CT molecular complexity index is 556. The summed E-state index contributed by atoms with van der Waals surface area (Å²) < 4.78 is 0. The maximum absolute atomic E-state index is 10.7. The van der Waals surface area contributed by atoms with Gasteiger partial charge in [0.15, 0.2) is 0 Å². The highest BCUT2D eigenvalue weighted by Gasteiger charge is 2.43. The van der Waals surface area contributed by atoms with Crippen LogP contribution >= 0.6 is 11.6 Å². The molecule has 1 aromatic rings. The molecule has 1 fully saturated rings. The van der Waals surface area contributed by atoms with E-state index in [1.165, 1.54) is 0 Å². The maximum atomic E-state index is 10.7. The lowest BCUT2D eigenvalue weighted by molar-refractivity contribution is 0.246. The van der Waals surface area contributed by atoms with Crippen LogP contribution in [-0.4, -0.2) is 11.2 Å². The first-order valence-corrected chi connectivity index (χ1v) is 6.92. The molecule has 0 radical (unpaired) electrons. The van der Waals surface area contributed by atoms with Crippen LogP contribution in [0.1, 0.15) is 55.7 Å². The minimum absolute atomic E-state index is 0.161. The lowest BCUT2D eigenvalue weighted by Crippen LogP contribution is -2.33. The quantitative estimate of drug-likeness (QED) is 0.666. The molecule has 0 bridgehead atoms. The molecule has 19 heavy (non-hydrogen) atoms. The molecule has 2 rings (SSSR count). The number of hydrogen-bond donors (Lipinski definition) is 1. The van der Waals surface area contributed by atoms with Crippen molar-refractivity contribution in [2.75, 3.05) is 0 Å². The van der Waals surface area contributed by atoms with Gasteiger partial charge in [0.05, 0.1) is 0 Å². The third-order valence-corrected chi connectivity index (χ3v) is 4.45. The van der Waals surface area contributed by atoms with Crippen LogP contribution < -0.4 is 0 Å². The highest BCUT2D eigenvalue weighted by molar-refractivity contribution is 6.31. The fourth-order valence-electron chi connectivity index (χ4n) is 2.78. The first kappa shape index (κ1) is 14.1. The van der Waals surface area contributed by atoms with Crippen molar-refractivity contribution in [1.29, 1.82) is 0 Å². The Labute approximate surface area is 118 Å². The number of carbonyl (C=O) groups excluding carboxylic acids is 1. The van der Waals surface area contributed by atoms with Gasteiger partial charge in [0.2, 0.25) is 6.08 Å². The predicted molar refractivity (Wildman–Crippen MR) is 75.6 cm³/mol. The van der Waals surface area contributed by atoms with Crippen LogP contribution in [0.15, 0.2) is 11.1 Å². The number of hydrogen-bond acceptors (Lipinski definition) is 3. The molecular weight excluding hydrogens is 262 g/mol. The molecule has 1 aliphatic rings. The summed E-state index contributed by atoms with van der Waals surface area (Å²) in [7, 11) is 0. The van der Waals surface area contributed by atoms with Crippen molar-refractivity contribution < 1.29 is 9.90 Å². The summed E-state index contributed by atoms with van der Waals surface area (Å²) in [6.07, 6.45) is 4.16.